The van der Waals surface area contributed by atoms with Gasteiger partial charge in [-0.05, 0) is 13.8 Å². The van der Waals surface area contributed by atoms with Crippen molar-refractivity contribution >= 4 is 15.3 Å². The number of nitrogens with zero attached hydrogens (tertiary/aromatic N) is 2. The summed E-state index contributed by atoms with van der Waals surface area (Å²) in [6, 6.07) is 0.314. The summed E-state index contributed by atoms with van der Waals surface area (Å²) < 4.78 is 7.53. The molecule has 0 bridgehead atoms. The largest absolute Gasteiger partial charge is 0.480 e. The molecule has 3 nitrogen and oxygen atoms in total. The van der Waals surface area contributed by atoms with Crippen molar-refractivity contribution in [3.63, 3.8) is 0 Å². The predicted octanol–water partition coefficient (Wildman–Crippen LogP) is 0.916. The second-order valence-electron chi connectivity index (χ2n) is 2.57. The molecule has 0 aromatic heterocycles. The van der Waals surface area contributed by atoms with Crippen molar-refractivity contribution in [1.29, 1.82) is 0 Å². The summed E-state index contributed by atoms with van der Waals surface area (Å²) in [4.78, 5) is 4.29. The molecule has 2 atom stereocenters. The molecule has 1 unspecified atom stereocenters. The maximum atomic E-state index is 5.36. The van der Waals surface area contributed by atoms with Gasteiger partial charge in [-0.25, -0.2) is 0 Å². The molecule has 0 aromatic rings. The minimum atomic E-state index is 0.314. The summed E-state index contributed by atoms with van der Waals surface area (Å²) in [7, 11) is 2.69. The number of aliphatic imine (C=N–C) groups is 1. The first-order valence-corrected chi connectivity index (χ1v) is 4.45. The standard InChI is InChI=1S/C7H15N2OP/c1-3-10-7-6(2)9(11)5-4-8-7/h6H,3-5,11H2,1-2H3/t6-/m1/s1. The quantitative estimate of drug-likeness (QED) is 0.552. The van der Waals surface area contributed by atoms with Crippen molar-refractivity contribution in [1.82, 2.24) is 4.67 Å². The van der Waals surface area contributed by atoms with Gasteiger partial charge in [0.1, 0.15) is 0 Å². The van der Waals surface area contributed by atoms with Crippen LogP contribution in [0.2, 0.25) is 0 Å². The first-order chi connectivity index (χ1) is 5.25. The Morgan fingerprint density at radius 1 is 1.82 bits per heavy atom. The van der Waals surface area contributed by atoms with Crippen molar-refractivity contribution in [2.24, 2.45) is 4.99 Å². The molecule has 1 heterocycles. The first kappa shape index (κ1) is 8.95. The van der Waals surface area contributed by atoms with Crippen LogP contribution in [0.4, 0.5) is 0 Å². The van der Waals surface area contributed by atoms with E-state index >= 15 is 0 Å². The van der Waals surface area contributed by atoms with E-state index in [0.717, 1.165) is 19.0 Å². The highest BCUT2D eigenvalue weighted by molar-refractivity contribution is 7.13. The van der Waals surface area contributed by atoms with Gasteiger partial charge < -0.3 is 4.74 Å². The van der Waals surface area contributed by atoms with Gasteiger partial charge in [0.05, 0.1) is 19.2 Å². The van der Waals surface area contributed by atoms with Crippen molar-refractivity contribution < 1.29 is 4.74 Å². The Labute approximate surface area is 70.1 Å². The van der Waals surface area contributed by atoms with E-state index in [0.29, 0.717) is 12.6 Å². The molecule has 1 aliphatic heterocycles. The summed E-state index contributed by atoms with van der Waals surface area (Å²) >= 11 is 0. The third kappa shape index (κ3) is 2.14. The first-order valence-electron chi connectivity index (χ1n) is 3.94. The van der Waals surface area contributed by atoms with E-state index in [9.17, 15) is 0 Å². The Balaban J connectivity index is 2.54. The number of rotatable bonds is 1. The molecule has 0 N–H and O–H groups in total. The summed E-state index contributed by atoms with van der Waals surface area (Å²) in [6.07, 6.45) is 0. The molecular weight excluding hydrogens is 159 g/mol. The van der Waals surface area contributed by atoms with Crippen LogP contribution < -0.4 is 0 Å². The van der Waals surface area contributed by atoms with Gasteiger partial charge in [-0.3, -0.25) is 9.66 Å². The van der Waals surface area contributed by atoms with Crippen molar-refractivity contribution in [3.05, 3.63) is 0 Å². The fourth-order valence-corrected chi connectivity index (χ4v) is 1.30. The lowest BCUT2D eigenvalue weighted by molar-refractivity contribution is 0.274. The van der Waals surface area contributed by atoms with Crippen LogP contribution in [-0.2, 0) is 4.74 Å². The molecule has 4 heteroatoms. The van der Waals surface area contributed by atoms with Crippen molar-refractivity contribution in [3.8, 4) is 0 Å². The summed E-state index contributed by atoms with van der Waals surface area (Å²) in [5.74, 6) is 0.869. The molecule has 0 spiro atoms. The van der Waals surface area contributed by atoms with Crippen LogP contribution in [0.3, 0.4) is 0 Å². The van der Waals surface area contributed by atoms with Gasteiger partial charge in [0.15, 0.2) is 0 Å². The van der Waals surface area contributed by atoms with Gasteiger partial charge >= 0.3 is 0 Å². The molecule has 0 saturated carbocycles. The number of ether oxygens (including phenoxy) is 1. The molecule has 0 aliphatic carbocycles. The van der Waals surface area contributed by atoms with E-state index < -0.39 is 0 Å². The summed E-state index contributed by atoms with van der Waals surface area (Å²) in [5.41, 5.74) is 0. The molecule has 1 rings (SSSR count). The molecule has 11 heavy (non-hydrogen) atoms. The van der Waals surface area contributed by atoms with Crippen molar-refractivity contribution in [2.45, 2.75) is 19.9 Å². The van der Waals surface area contributed by atoms with Crippen LogP contribution in [0.25, 0.3) is 0 Å². The van der Waals surface area contributed by atoms with Gasteiger partial charge in [-0.2, -0.15) is 0 Å². The normalized spacial score (nSPS) is 26.5. The van der Waals surface area contributed by atoms with Crippen LogP contribution in [0.15, 0.2) is 4.99 Å². The Kier molecular flexibility index (Phi) is 3.28. The monoisotopic (exact) mass is 174 g/mol. The van der Waals surface area contributed by atoms with Gasteiger partial charge in [0.2, 0.25) is 5.90 Å². The molecular formula is C7H15N2OP. The average Bonchev–Trinajstić information content (AvgIpc) is 1.99. The lowest BCUT2D eigenvalue weighted by Crippen LogP contribution is -2.39. The van der Waals surface area contributed by atoms with Gasteiger partial charge in [-0.15, -0.1) is 0 Å². The van der Waals surface area contributed by atoms with Crippen molar-refractivity contribution in [2.75, 3.05) is 19.7 Å². The number of hydrogen-bond donors (Lipinski definition) is 0. The fraction of sp³-hybridized carbons (Fsp3) is 0.857. The van der Waals surface area contributed by atoms with E-state index in [1.165, 1.54) is 0 Å². The van der Waals surface area contributed by atoms with Gasteiger partial charge in [0.25, 0.3) is 0 Å². The predicted molar refractivity (Wildman–Crippen MR) is 49.8 cm³/mol. The second-order valence-corrected chi connectivity index (χ2v) is 3.23. The smallest absolute Gasteiger partial charge is 0.201 e. The topological polar surface area (TPSA) is 24.8 Å². The zero-order valence-corrected chi connectivity index (χ0v) is 8.23. The molecule has 0 amide bonds. The highest BCUT2D eigenvalue weighted by Gasteiger charge is 2.20. The molecule has 0 fully saturated rings. The Bertz CT molecular complexity index is 161. The fourth-order valence-electron chi connectivity index (χ4n) is 1.06. The summed E-state index contributed by atoms with van der Waals surface area (Å²) in [6.45, 7) is 6.64. The van der Waals surface area contributed by atoms with Gasteiger partial charge in [-0.1, -0.05) is 9.39 Å². The number of hydrogen-bond acceptors (Lipinski definition) is 3. The SMILES string of the molecule is CCOC1=NCCN(P)[C@@H]1C. The molecule has 0 saturated heterocycles. The van der Waals surface area contributed by atoms with Crippen LogP contribution in [0.5, 0.6) is 0 Å². The minimum absolute atomic E-state index is 0.314. The van der Waals surface area contributed by atoms with Crippen LogP contribution >= 0.6 is 9.39 Å². The molecule has 0 aromatic carbocycles. The third-order valence-electron chi connectivity index (χ3n) is 1.77. The lowest BCUT2D eigenvalue weighted by atomic mass is 10.3. The third-order valence-corrected chi connectivity index (χ3v) is 2.48. The maximum absolute atomic E-state index is 5.36. The van der Waals surface area contributed by atoms with Gasteiger partial charge in [0, 0.05) is 6.54 Å². The van der Waals surface area contributed by atoms with E-state index in [2.05, 4.69) is 26.0 Å². The van der Waals surface area contributed by atoms with Crippen LogP contribution in [-0.4, -0.2) is 36.3 Å². The maximum Gasteiger partial charge on any atom is 0.201 e. The van der Waals surface area contributed by atoms with E-state index in [1.807, 2.05) is 6.92 Å². The zero-order valence-electron chi connectivity index (χ0n) is 7.08. The molecule has 64 valence electrons. The van der Waals surface area contributed by atoms with E-state index in [-0.39, 0.29) is 0 Å². The Morgan fingerprint density at radius 3 is 3.18 bits per heavy atom. The van der Waals surface area contributed by atoms with E-state index in [1.54, 1.807) is 0 Å². The zero-order chi connectivity index (χ0) is 8.27. The Morgan fingerprint density at radius 2 is 2.55 bits per heavy atom. The summed E-state index contributed by atoms with van der Waals surface area (Å²) in [5, 5.41) is 0. The second kappa shape index (κ2) is 4.03. The molecule has 0 radical (unpaired) electrons. The Hall–Kier alpha value is -0.140. The average molecular weight is 174 g/mol. The molecule has 1 aliphatic rings. The van der Waals surface area contributed by atoms with E-state index in [4.69, 9.17) is 4.74 Å². The van der Waals surface area contributed by atoms with Crippen LogP contribution in [0, 0.1) is 0 Å². The minimum Gasteiger partial charge on any atom is -0.480 e. The highest BCUT2D eigenvalue weighted by atomic mass is 31.0. The highest BCUT2D eigenvalue weighted by Crippen LogP contribution is 2.12. The lowest BCUT2D eigenvalue weighted by Gasteiger charge is -2.28. The van der Waals surface area contributed by atoms with Crippen LogP contribution in [0.1, 0.15) is 13.8 Å².